The highest BCUT2D eigenvalue weighted by Crippen LogP contribution is 2.66. The van der Waals surface area contributed by atoms with E-state index in [2.05, 4.69) is 40.6 Å². The van der Waals surface area contributed by atoms with Crippen LogP contribution in [-0.4, -0.2) is 97.7 Å². The fourth-order valence-electron chi connectivity index (χ4n) is 4.54. The van der Waals surface area contributed by atoms with Gasteiger partial charge in [-0.15, -0.1) is 5.10 Å². The first-order valence-corrected chi connectivity index (χ1v) is 18.9. The number of nitrogens with one attached hydrogen (secondary N) is 2. The molecule has 1 saturated heterocycles. The van der Waals surface area contributed by atoms with E-state index >= 15 is 0 Å². The summed E-state index contributed by atoms with van der Waals surface area (Å²) >= 11 is 0. The van der Waals surface area contributed by atoms with Crippen molar-refractivity contribution in [2.75, 3.05) is 13.2 Å². The van der Waals surface area contributed by atoms with Crippen LogP contribution in [0.4, 0.5) is 0 Å². The Labute approximate surface area is 286 Å². The van der Waals surface area contributed by atoms with Gasteiger partial charge in [-0.3, -0.25) is 23.7 Å². The van der Waals surface area contributed by atoms with Gasteiger partial charge in [0.25, 0.3) is 5.56 Å². The number of amides is 1. The number of nitrogens with zero attached hydrogens (tertiary/aromatic N) is 4. The summed E-state index contributed by atoms with van der Waals surface area (Å²) in [7, 11) is -18.5. The Bertz CT molecular complexity index is 2060. The molecule has 5 atom stereocenters. The first-order valence-electron chi connectivity index (χ1n) is 14.4. The molecule has 0 bridgehead atoms. The Balaban J connectivity index is 1.28. The molecule has 23 nitrogen and oxygen atoms in total. The van der Waals surface area contributed by atoms with E-state index in [0.717, 1.165) is 10.8 Å². The van der Waals surface area contributed by atoms with E-state index in [4.69, 9.17) is 14.5 Å². The van der Waals surface area contributed by atoms with E-state index in [0.29, 0.717) is 16.7 Å². The molecule has 3 heterocycles. The molecule has 4 rings (SSSR count). The number of phosphoric acid groups is 3. The number of aromatic amines is 1. The molecule has 27 heteroatoms. The van der Waals surface area contributed by atoms with E-state index < -0.39 is 72.8 Å². The van der Waals surface area contributed by atoms with Crippen LogP contribution in [0, 0.1) is 11.8 Å². The standard InChI is InChI=1S/C24H30BN6O17P3/c32-19-10-22(46-20(19)14-45-50(41,42)48-51(43,44)47-49(38,39)40)31-12-16(23(34)27-24(31)35)5-3-9-26-21(33)8-7-17-13-30(29-28-17)11-15-4-1-2-6-18(15)25(36)37/h1-2,4,6,12-13,19-20,22,32,36-37H,7-11,14H2,(H,26,33)(H,41,42)(H,43,44)(H,27,34,35)(H2,38,39,40)/t19-,20+,22+/m0/s1. The normalized spacial score (nSPS) is 19.8. The second kappa shape index (κ2) is 16.8. The molecule has 51 heavy (non-hydrogen) atoms. The van der Waals surface area contributed by atoms with Crippen LogP contribution in [0.25, 0.3) is 0 Å². The van der Waals surface area contributed by atoms with E-state index in [9.17, 15) is 53.0 Å². The van der Waals surface area contributed by atoms with Crippen molar-refractivity contribution >= 4 is 42.0 Å². The number of aromatic nitrogens is 5. The molecule has 0 saturated carbocycles. The average Bonchev–Trinajstić information content (AvgIpc) is 3.62. The largest absolute Gasteiger partial charge is 0.490 e. The minimum Gasteiger partial charge on any atom is -0.423 e. The second-order valence-electron chi connectivity index (χ2n) is 10.6. The van der Waals surface area contributed by atoms with E-state index in [-0.39, 0.29) is 37.9 Å². The van der Waals surface area contributed by atoms with Crippen molar-refractivity contribution in [1.82, 2.24) is 29.9 Å². The van der Waals surface area contributed by atoms with Gasteiger partial charge in [-0.1, -0.05) is 41.3 Å². The van der Waals surface area contributed by atoms with Gasteiger partial charge in [0.2, 0.25) is 5.91 Å². The number of hydrogen-bond acceptors (Lipinski definition) is 15. The quantitative estimate of drug-likeness (QED) is 0.0420. The molecular formula is C24H30BN6O17P3. The lowest BCUT2D eigenvalue weighted by atomic mass is 9.77. The van der Waals surface area contributed by atoms with Crippen LogP contribution in [0.2, 0.25) is 0 Å². The number of carbonyl (C=O) groups excluding carboxylic acids is 1. The monoisotopic (exact) mass is 778 g/mol. The summed E-state index contributed by atoms with van der Waals surface area (Å²) in [4.78, 5) is 75.2. The molecule has 1 fully saturated rings. The van der Waals surface area contributed by atoms with Crippen LogP contribution in [0.15, 0.2) is 46.2 Å². The summed E-state index contributed by atoms with van der Waals surface area (Å²) in [5.41, 5.74) is -0.634. The maximum absolute atomic E-state index is 12.5. The Hall–Kier alpha value is -3.62. The number of aliphatic hydroxyl groups is 1. The summed E-state index contributed by atoms with van der Waals surface area (Å²) in [5.74, 6) is 4.67. The van der Waals surface area contributed by atoms with Crippen LogP contribution in [0.1, 0.15) is 35.9 Å². The molecule has 0 radical (unpaired) electrons. The number of hydrogen-bond donors (Lipinski definition) is 9. The van der Waals surface area contributed by atoms with Crippen molar-refractivity contribution in [2.45, 2.75) is 44.2 Å². The highest BCUT2D eigenvalue weighted by Gasteiger charge is 2.43. The van der Waals surface area contributed by atoms with Crippen molar-refractivity contribution in [3.63, 3.8) is 0 Å². The maximum atomic E-state index is 12.5. The van der Waals surface area contributed by atoms with Crippen molar-refractivity contribution in [1.29, 1.82) is 0 Å². The topological polar surface area (TPSA) is 344 Å². The molecule has 2 aromatic heterocycles. The molecule has 3 aromatic rings. The molecule has 0 spiro atoms. The lowest BCUT2D eigenvalue weighted by molar-refractivity contribution is -0.120. The lowest BCUT2D eigenvalue weighted by Gasteiger charge is -2.19. The van der Waals surface area contributed by atoms with Gasteiger partial charge in [0.05, 0.1) is 31.5 Å². The molecule has 9 N–H and O–H groups in total. The summed E-state index contributed by atoms with van der Waals surface area (Å²) in [6, 6.07) is 6.69. The average molecular weight is 778 g/mol. The Kier molecular flexibility index (Phi) is 13.2. The summed E-state index contributed by atoms with van der Waals surface area (Å²) in [5, 5.41) is 39.9. The zero-order valence-corrected chi connectivity index (χ0v) is 28.5. The smallest absolute Gasteiger partial charge is 0.423 e. The zero-order valence-electron chi connectivity index (χ0n) is 25.9. The van der Waals surface area contributed by atoms with E-state index in [1.165, 1.54) is 4.68 Å². The molecule has 0 aliphatic carbocycles. The number of benzene rings is 1. The first kappa shape index (κ1) is 40.2. The van der Waals surface area contributed by atoms with Gasteiger partial charge >= 0.3 is 36.3 Å². The van der Waals surface area contributed by atoms with Gasteiger partial charge in [-0.2, -0.15) is 8.62 Å². The molecule has 1 aliphatic rings. The van der Waals surface area contributed by atoms with Crippen LogP contribution in [0.5, 0.6) is 0 Å². The number of H-pyrrole nitrogens is 1. The molecular weight excluding hydrogens is 748 g/mol. The molecule has 2 unspecified atom stereocenters. The van der Waals surface area contributed by atoms with Gasteiger partial charge in [0.1, 0.15) is 17.9 Å². The van der Waals surface area contributed by atoms with E-state index in [1.807, 2.05) is 4.98 Å². The summed E-state index contributed by atoms with van der Waals surface area (Å²) in [6.07, 6.45) is -1.61. The second-order valence-corrected chi connectivity index (χ2v) is 15.0. The predicted octanol–water partition coefficient (Wildman–Crippen LogP) is -3.05. The van der Waals surface area contributed by atoms with Crippen molar-refractivity contribution in [3.05, 3.63) is 74.3 Å². The molecule has 1 amide bonds. The SMILES string of the molecule is O=C(CCc1cn(Cc2ccccc2B(O)O)nn1)NCC#Cc1cn([C@H]2C[C@H](O)[C@@H](COP(=O)(O)OP(=O)(O)OP(=O)(O)O)O2)c(=O)[nH]c1=O. The van der Waals surface area contributed by atoms with Crippen LogP contribution in [0.3, 0.4) is 0 Å². The summed E-state index contributed by atoms with van der Waals surface area (Å²) in [6.45, 7) is -0.946. The Morgan fingerprint density at radius 2 is 1.82 bits per heavy atom. The Morgan fingerprint density at radius 1 is 1.10 bits per heavy atom. The minimum absolute atomic E-state index is 0.0162. The number of phosphoric ester groups is 1. The number of rotatable bonds is 15. The highest BCUT2D eigenvalue weighted by molar-refractivity contribution is 7.66. The predicted molar refractivity (Wildman–Crippen MR) is 169 cm³/mol. The number of carbonyl (C=O) groups is 1. The number of ether oxygens (including phenoxy) is 1. The Morgan fingerprint density at radius 3 is 2.53 bits per heavy atom. The van der Waals surface area contributed by atoms with Crippen LogP contribution >= 0.6 is 23.5 Å². The first-order chi connectivity index (χ1) is 23.8. The third-order valence-corrected chi connectivity index (χ3v) is 10.6. The van der Waals surface area contributed by atoms with Gasteiger partial charge in [0.15, 0.2) is 0 Å². The van der Waals surface area contributed by atoms with Crippen molar-refractivity contribution in [3.8, 4) is 11.8 Å². The third kappa shape index (κ3) is 12.2. The number of aliphatic hydroxyl groups excluding tert-OH is 1. The third-order valence-electron chi connectivity index (χ3n) is 6.76. The zero-order chi connectivity index (χ0) is 37.6. The van der Waals surface area contributed by atoms with Gasteiger partial charge in [0, 0.05) is 31.7 Å². The molecule has 1 aliphatic heterocycles. The van der Waals surface area contributed by atoms with Crippen LogP contribution in [-0.2, 0) is 49.3 Å². The molecule has 1 aromatic carbocycles. The lowest BCUT2D eigenvalue weighted by Crippen LogP contribution is -2.34. The van der Waals surface area contributed by atoms with Gasteiger partial charge < -0.3 is 44.8 Å². The fourth-order valence-corrected chi connectivity index (χ4v) is 7.57. The van der Waals surface area contributed by atoms with Crippen molar-refractivity contribution < 1.29 is 71.1 Å². The summed E-state index contributed by atoms with van der Waals surface area (Å²) < 4.78 is 53.7. The maximum Gasteiger partial charge on any atom is 0.490 e. The van der Waals surface area contributed by atoms with E-state index in [1.54, 1.807) is 30.5 Å². The van der Waals surface area contributed by atoms with Gasteiger partial charge in [-0.05, 0) is 11.0 Å². The molecule has 276 valence electrons. The van der Waals surface area contributed by atoms with Crippen LogP contribution < -0.4 is 22.0 Å². The fraction of sp³-hybridized carbons (Fsp3) is 0.375. The minimum atomic E-state index is -5.77. The highest BCUT2D eigenvalue weighted by atomic mass is 31.3. The number of aryl methyl sites for hydroxylation is 1. The van der Waals surface area contributed by atoms with Crippen molar-refractivity contribution in [2.24, 2.45) is 0 Å². The van der Waals surface area contributed by atoms with Gasteiger partial charge in [-0.25, -0.2) is 23.2 Å².